The third-order valence-electron chi connectivity index (χ3n) is 2.66. The number of aromatic nitrogens is 1. The van der Waals surface area contributed by atoms with Gasteiger partial charge in [0, 0.05) is 21.3 Å². The molecule has 0 aliphatic heterocycles. The zero-order valence-electron chi connectivity index (χ0n) is 10.0. The molecule has 1 aromatic heterocycles. The van der Waals surface area contributed by atoms with Gasteiger partial charge in [0.1, 0.15) is 11.6 Å². The number of benzene rings is 1. The van der Waals surface area contributed by atoms with Gasteiger partial charge in [-0.25, -0.2) is 4.39 Å². The summed E-state index contributed by atoms with van der Waals surface area (Å²) in [6.45, 7) is 1.62. The van der Waals surface area contributed by atoms with Crippen LogP contribution in [0.4, 0.5) is 4.39 Å². The molecule has 0 unspecified atom stereocenters. The van der Waals surface area contributed by atoms with E-state index in [1.807, 2.05) is 0 Å². The van der Waals surface area contributed by atoms with Gasteiger partial charge >= 0.3 is 0 Å². The van der Waals surface area contributed by atoms with Crippen molar-refractivity contribution in [3.8, 4) is 17.2 Å². The monoisotopic (exact) mass is 374 g/mol. The van der Waals surface area contributed by atoms with Crippen LogP contribution in [0.2, 0.25) is 10.0 Å². The summed E-state index contributed by atoms with van der Waals surface area (Å²) in [7, 11) is 0. The van der Waals surface area contributed by atoms with Crippen LogP contribution in [-0.4, -0.2) is 4.98 Å². The highest BCUT2D eigenvalue weighted by Crippen LogP contribution is 2.39. The van der Waals surface area contributed by atoms with E-state index >= 15 is 0 Å². The number of H-pyrrole nitrogens is 1. The molecule has 0 saturated carbocycles. The van der Waals surface area contributed by atoms with Crippen molar-refractivity contribution in [1.29, 1.82) is 5.26 Å². The predicted molar refractivity (Wildman–Crippen MR) is 79.6 cm³/mol. The summed E-state index contributed by atoms with van der Waals surface area (Å²) in [5, 5.41) is 8.97. The number of nitrogens with zero attached hydrogens (tertiary/aromatic N) is 1. The minimum Gasteiger partial charge on any atom is -0.325 e. The topological polar surface area (TPSA) is 56.6 Å². The SMILES string of the molecule is Cc1cc(-c2c(Cl)cc(Br)c(Cl)c2F)c(C#N)c(=O)[nH]1. The number of hydrogen-bond donors (Lipinski definition) is 1. The lowest BCUT2D eigenvalue weighted by molar-refractivity contribution is 0.631. The predicted octanol–water partition coefficient (Wildman–Crippen LogP) is 4.43. The Labute approximate surface area is 132 Å². The molecule has 20 heavy (non-hydrogen) atoms. The second kappa shape index (κ2) is 5.57. The first kappa shape index (κ1) is 15.0. The number of halogens is 4. The molecule has 0 spiro atoms. The lowest BCUT2D eigenvalue weighted by Gasteiger charge is -2.11. The molecule has 0 atom stereocenters. The Bertz CT molecular complexity index is 811. The van der Waals surface area contributed by atoms with Crippen molar-refractivity contribution in [2.75, 3.05) is 0 Å². The van der Waals surface area contributed by atoms with E-state index in [9.17, 15) is 9.18 Å². The maximum Gasteiger partial charge on any atom is 0.266 e. The Morgan fingerprint density at radius 2 is 2.05 bits per heavy atom. The Morgan fingerprint density at radius 3 is 2.65 bits per heavy atom. The van der Waals surface area contributed by atoms with E-state index in [-0.39, 0.29) is 26.7 Å². The normalized spacial score (nSPS) is 10.4. The van der Waals surface area contributed by atoms with E-state index < -0.39 is 11.4 Å². The highest BCUT2D eigenvalue weighted by atomic mass is 79.9. The quantitative estimate of drug-likeness (QED) is 0.592. The Hall–Kier alpha value is -1.35. The van der Waals surface area contributed by atoms with Gasteiger partial charge in [-0.1, -0.05) is 23.2 Å². The lowest BCUT2D eigenvalue weighted by atomic mass is 10.0. The number of pyridine rings is 1. The summed E-state index contributed by atoms with van der Waals surface area (Å²) < 4.78 is 14.6. The largest absolute Gasteiger partial charge is 0.325 e. The van der Waals surface area contributed by atoms with E-state index in [1.165, 1.54) is 12.1 Å². The van der Waals surface area contributed by atoms with Gasteiger partial charge in [0.05, 0.1) is 10.0 Å². The number of aryl methyl sites for hydroxylation is 1. The zero-order valence-corrected chi connectivity index (χ0v) is 13.1. The van der Waals surface area contributed by atoms with Gasteiger partial charge in [-0.3, -0.25) is 4.79 Å². The third-order valence-corrected chi connectivity index (χ3v) is 4.18. The zero-order chi connectivity index (χ0) is 15.0. The highest BCUT2D eigenvalue weighted by Gasteiger charge is 2.21. The number of aromatic amines is 1. The van der Waals surface area contributed by atoms with Crippen LogP contribution in [0.15, 0.2) is 21.4 Å². The van der Waals surface area contributed by atoms with E-state index in [4.69, 9.17) is 28.5 Å². The first-order chi connectivity index (χ1) is 9.36. The highest BCUT2D eigenvalue weighted by molar-refractivity contribution is 9.10. The van der Waals surface area contributed by atoms with E-state index in [0.717, 1.165) is 0 Å². The minimum absolute atomic E-state index is 0.0558. The fraction of sp³-hybridized carbons (Fsp3) is 0.0769. The molecule has 1 aromatic carbocycles. The molecule has 0 aliphatic carbocycles. The fourth-order valence-corrected chi connectivity index (χ4v) is 2.79. The van der Waals surface area contributed by atoms with Crippen molar-refractivity contribution in [3.05, 3.63) is 54.1 Å². The maximum absolute atomic E-state index is 14.3. The molecule has 0 aliphatic rings. The molecule has 0 fully saturated rings. The van der Waals surface area contributed by atoms with E-state index in [2.05, 4.69) is 20.9 Å². The molecular weight excluding hydrogens is 370 g/mol. The van der Waals surface area contributed by atoms with Gasteiger partial charge in [0.15, 0.2) is 5.82 Å². The van der Waals surface area contributed by atoms with Crippen LogP contribution in [0, 0.1) is 24.1 Å². The van der Waals surface area contributed by atoms with Crippen molar-refractivity contribution in [1.82, 2.24) is 4.98 Å². The number of rotatable bonds is 1. The van der Waals surface area contributed by atoms with Gasteiger partial charge in [-0.2, -0.15) is 5.26 Å². The van der Waals surface area contributed by atoms with Crippen molar-refractivity contribution in [2.45, 2.75) is 6.92 Å². The second-order valence-corrected chi connectivity index (χ2v) is 5.66. The standard InChI is InChI=1S/C13H6BrCl2FN2O/c1-5-2-6(7(4-18)13(20)19-5)10-9(15)3-8(14)11(16)12(10)17/h2-3H,1H3,(H,19,20). The number of nitriles is 1. The van der Waals surface area contributed by atoms with E-state index in [0.29, 0.717) is 10.2 Å². The number of nitrogens with one attached hydrogen (secondary N) is 1. The fourth-order valence-electron chi connectivity index (χ4n) is 1.81. The lowest BCUT2D eigenvalue weighted by Crippen LogP contribution is -2.13. The summed E-state index contributed by atoms with van der Waals surface area (Å²) in [6, 6.07) is 4.65. The van der Waals surface area contributed by atoms with Crippen LogP contribution in [-0.2, 0) is 0 Å². The van der Waals surface area contributed by atoms with Gasteiger partial charge < -0.3 is 4.98 Å². The summed E-state index contributed by atoms with van der Waals surface area (Å²) in [4.78, 5) is 14.2. The third kappa shape index (κ3) is 2.47. The van der Waals surface area contributed by atoms with Crippen molar-refractivity contribution < 1.29 is 4.39 Å². The van der Waals surface area contributed by atoms with Crippen molar-refractivity contribution in [2.24, 2.45) is 0 Å². The molecule has 0 amide bonds. The van der Waals surface area contributed by atoms with Crippen LogP contribution in [0.3, 0.4) is 0 Å². The van der Waals surface area contributed by atoms with Gasteiger partial charge in [-0.15, -0.1) is 0 Å². The molecule has 1 heterocycles. The van der Waals surface area contributed by atoms with Crippen LogP contribution in [0.1, 0.15) is 11.3 Å². The molecule has 7 heteroatoms. The summed E-state index contributed by atoms with van der Waals surface area (Å²) in [5.74, 6) is -0.785. The first-order valence-electron chi connectivity index (χ1n) is 5.34. The van der Waals surface area contributed by atoms with Crippen molar-refractivity contribution >= 4 is 39.1 Å². The van der Waals surface area contributed by atoms with Crippen molar-refractivity contribution in [3.63, 3.8) is 0 Å². The molecule has 102 valence electrons. The van der Waals surface area contributed by atoms with Crippen LogP contribution in [0.25, 0.3) is 11.1 Å². The van der Waals surface area contributed by atoms with E-state index in [1.54, 1.807) is 13.0 Å². The van der Waals surface area contributed by atoms with Gasteiger partial charge in [0.2, 0.25) is 0 Å². The first-order valence-corrected chi connectivity index (χ1v) is 6.89. The number of hydrogen-bond acceptors (Lipinski definition) is 2. The average Bonchev–Trinajstić information content (AvgIpc) is 2.35. The Morgan fingerprint density at radius 1 is 1.40 bits per heavy atom. The average molecular weight is 376 g/mol. The van der Waals surface area contributed by atoms with Crippen LogP contribution >= 0.6 is 39.1 Å². The summed E-state index contributed by atoms with van der Waals surface area (Å²) in [6.07, 6.45) is 0. The second-order valence-electron chi connectivity index (χ2n) is 4.03. The van der Waals surface area contributed by atoms with Crippen LogP contribution < -0.4 is 5.56 Å². The Balaban J connectivity index is 2.93. The Kier molecular flexibility index (Phi) is 4.19. The summed E-state index contributed by atoms with van der Waals surface area (Å²) in [5.41, 5.74) is -0.276. The van der Waals surface area contributed by atoms with Gasteiger partial charge in [-0.05, 0) is 35.0 Å². The van der Waals surface area contributed by atoms with Crippen LogP contribution in [0.5, 0.6) is 0 Å². The molecule has 3 nitrogen and oxygen atoms in total. The molecule has 0 bridgehead atoms. The molecule has 1 N–H and O–H groups in total. The smallest absolute Gasteiger partial charge is 0.266 e. The molecule has 0 saturated heterocycles. The maximum atomic E-state index is 14.3. The molecule has 0 radical (unpaired) electrons. The molecular formula is C13H6BrCl2FN2O. The van der Waals surface area contributed by atoms with Gasteiger partial charge in [0.25, 0.3) is 5.56 Å². The molecule has 2 aromatic rings. The summed E-state index contributed by atoms with van der Waals surface area (Å²) >= 11 is 14.9. The molecule has 2 rings (SSSR count). The minimum atomic E-state index is -0.785.